The van der Waals surface area contributed by atoms with Crippen LogP contribution in [0.1, 0.15) is 31.4 Å². The number of hydrogen-bond donors (Lipinski definition) is 2. The molecule has 1 aliphatic heterocycles. The van der Waals surface area contributed by atoms with Crippen LogP contribution < -0.4 is 15.4 Å². The summed E-state index contributed by atoms with van der Waals surface area (Å²) in [7, 11) is 0. The molecule has 0 bridgehead atoms. The molecule has 0 radical (unpaired) electrons. The number of amides is 2. The number of urea groups is 1. The van der Waals surface area contributed by atoms with Crippen LogP contribution in [0.2, 0.25) is 0 Å². The van der Waals surface area contributed by atoms with E-state index in [2.05, 4.69) is 5.32 Å². The lowest BCUT2D eigenvalue weighted by Crippen LogP contribution is -2.51. The van der Waals surface area contributed by atoms with Crippen LogP contribution in [-0.2, 0) is 20.4 Å². The van der Waals surface area contributed by atoms with E-state index in [1.807, 2.05) is 5.32 Å². The number of hydrogen-bond acceptors (Lipinski definition) is 5. The predicted molar refractivity (Wildman–Crippen MR) is 128 cm³/mol. The molecule has 2 amide bonds. The quantitative estimate of drug-likeness (QED) is 0.418. The molecule has 38 heavy (non-hydrogen) atoms. The molecule has 4 rings (SSSR count). The van der Waals surface area contributed by atoms with Gasteiger partial charge in [0.25, 0.3) is 0 Å². The van der Waals surface area contributed by atoms with Gasteiger partial charge in [-0.3, -0.25) is 4.79 Å². The van der Waals surface area contributed by atoms with Crippen LogP contribution >= 0.6 is 0 Å². The van der Waals surface area contributed by atoms with E-state index in [1.165, 1.54) is 18.2 Å². The summed E-state index contributed by atoms with van der Waals surface area (Å²) in [5.74, 6) is -2.91. The summed E-state index contributed by atoms with van der Waals surface area (Å²) >= 11 is 0. The number of carbonyl (C=O) groups is 2. The van der Waals surface area contributed by atoms with Gasteiger partial charge >= 0.3 is 12.2 Å². The van der Waals surface area contributed by atoms with E-state index in [0.29, 0.717) is 11.6 Å². The van der Waals surface area contributed by atoms with Crippen molar-refractivity contribution in [3.63, 3.8) is 0 Å². The number of benzene rings is 2. The number of nitrogens with one attached hydrogen (secondary N) is 2. The summed E-state index contributed by atoms with van der Waals surface area (Å²) in [5, 5.41) is 4.12. The Morgan fingerprint density at radius 1 is 1.11 bits per heavy atom. The van der Waals surface area contributed by atoms with Crippen LogP contribution in [-0.4, -0.2) is 37.2 Å². The number of ketones is 1. The van der Waals surface area contributed by atoms with Crippen molar-refractivity contribution in [1.82, 2.24) is 0 Å². The third-order valence-electron chi connectivity index (χ3n) is 5.70. The van der Waals surface area contributed by atoms with E-state index in [4.69, 9.17) is 14.2 Å². The average molecular weight is 538 g/mol. The highest BCUT2D eigenvalue weighted by molar-refractivity contribution is 6.02. The van der Waals surface area contributed by atoms with Crippen LogP contribution in [0.25, 0.3) is 5.57 Å². The Balaban J connectivity index is 1.50. The van der Waals surface area contributed by atoms with Gasteiger partial charge in [-0.1, -0.05) is 6.08 Å². The highest BCUT2D eigenvalue weighted by Crippen LogP contribution is 2.40. The average Bonchev–Trinajstić information content (AvgIpc) is 2.82. The SMILES string of the molecule is CCOC1=CC(c2cc(F)c(NC(=O)Nc3ccc(OC4(C)COC4)c(C(F)(F)F)c3)c(F)c2)=CCC1=O. The second-order valence-electron chi connectivity index (χ2n) is 8.88. The Kier molecular flexibility index (Phi) is 7.45. The fourth-order valence-corrected chi connectivity index (χ4v) is 3.83. The van der Waals surface area contributed by atoms with Crippen LogP contribution in [0.4, 0.5) is 38.1 Å². The molecule has 2 N–H and O–H groups in total. The Morgan fingerprint density at radius 3 is 2.37 bits per heavy atom. The minimum Gasteiger partial charge on any atom is -0.490 e. The lowest BCUT2D eigenvalue weighted by atomic mass is 9.97. The van der Waals surface area contributed by atoms with Crippen molar-refractivity contribution in [2.24, 2.45) is 0 Å². The molecule has 0 atom stereocenters. The van der Waals surface area contributed by atoms with Gasteiger partial charge in [0.2, 0.25) is 5.78 Å². The lowest BCUT2D eigenvalue weighted by Gasteiger charge is -2.38. The van der Waals surface area contributed by atoms with E-state index < -0.39 is 46.4 Å². The number of Topliss-reactive ketones (excluding diaryl/α,β-unsaturated/α-hetero) is 1. The molecule has 12 heteroatoms. The first kappa shape index (κ1) is 27.1. The van der Waals surface area contributed by atoms with Gasteiger partial charge < -0.3 is 24.8 Å². The molecule has 2 aromatic rings. The third-order valence-corrected chi connectivity index (χ3v) is 5.70. The molecule has 0 saturated carbocycles. The third kappa shape index (κ3) is 5.96. The molecule has 1 saturated heterocycles. The standard InChI is InChI=1S/C26H23F5N2O5/c1-3-37-22-10-14(4-6-20(22)34)15-8-18(27)23(19(28)9-15)33-24(35)32-16-5-7-21(17(11-16)26(29,30)31)38-25(2)12-36-13-25/h4-5,7-11H,3,6,12-13H2,1-2H3,(H2,32,33,35). The molecule has 2 aliphatic rings. The molecule has 2 aromatic carbocycles. The Labute approximate surface area is 214 Å². The van der Waals surface area contributed by atoms with Gasteiger partial charge in [0.05, 0.1) is 25.4 Å². The van der Waals surface area contributed by atoms with Crippen molar-refractivity contribution in [2.45, 2.75) is 32.0 Å². The summed E-state index contributed by atoms with van der Waals surface area (Å²) in [5.41, 5.74) is -2.67. The minimum atomic E-state index is -4.80. The molecule has 0 unspecified atom stereocenters. The van der Waals surface area contributed by atoms with Crippen molar-refractivity contribution < 1.29 is 45.8 Å². The molecule has 1 heterocycles. The normalized spacial score (nSPS) is 16.7. The summed E-state index contributed by atoms with van der Waals surface area (Å²) in [6, 6.07) is 3.62. The van der Waals surface area contributed by atoms with E-state index in [1.54, 1.807) is 13.8 Å². The number of anilines is 2. The maximum absolute atomic E-state index is 14.8. The van der Waals surface area contributed by atoms with Crippen molar-refractivity contribution in [3.8, 4) is 5.75 Å². The second-order valence-corrected chi connectivity index (χ2v) is 8.88. The second kappa shape index (κ2) is 10.4. The molecular weight excluding hydrogens is 515 g/mol. The highest BCUT2D eigenvalue weighted by atomic mass is 19.4. The zero-order valence-electron chi connectivity index (χ0n) is 20.3. The fourth-order valence-electron chi connectivity index (χ4n) is 3.83. The van der Waals surface area contributed by atoms with Crippen LogP contribution in [0.15, 0.2) is 48.2 Å². The van der Waals surface area contributed by atoms with Crippen LogP contribution in [0, 0.1) is 11.6 Å². The van der Waals surface area contributed by atoms with E-state index in [0.717, 1.165) is 18.2 Å². The molecule has 1 fully saturated rings. The van der Waals surface area contributed by atoms with Gasteiger partial charge in [0, 0.05) is 12.1 Å². The van der Waals surface area contributed by atoms with Gasteiger partial charge in [-0.15, -0.1) is 0 Å². The first-order valence-corrected chi connectivity index (χ1v) is 11.5. The molecule has 0 aromatic heterocycles. The Hall–Kier alpha value is -3.93. The summed E-state index contributed by atoms with van der Waals surface area (Å²) in [6.07, 6.45) is -1.95. The first-order valence-electron chi connectivity index (χ1n) is 11.5. The predicted octanol–water partition coefficient (Wildman–Crippen LogP) is 6.07. The topological polar surface area (TPSA) is 85.9 Å². The zero-order chi connectivity index (χ0) is 27.7. The zero-order valence-corrected chi connectivity index (χ0v) is 20.3. The minimum absolute atomic E-state index is 0.0103. The Morgan fingerprint density at radius 2 is 1.79 bits per heavy atom. The monoisotopic (exact) mass is 538 g/mol. The van der Waals surface area contributed by atoms with Gasteiger partial charge in [-0.05, 0) is 61.4 Å². The number of allylic oxidation sites excluding steroid dienone is 4. The maximum Gasteiger partial charge on any atom is 0.420 e. The summed E-state index contributed by atoms with van der Waals surface area (Å²) < 4.78 is 86.1. The smallest absolute Gasteiger partial charge is 0.420 e. The molecular formula is C26H23F5N2O5. The summed E-state index contributed by atoms with van der Waals surface area (Å²) in [4.78, 5) is 24.3. The lowest BCUT2D eigenvalue weighted by molar-refractivity contribution is -0.160. The molecule has 1 aliphatic carbocycles. The number of carbonyl (C=O) groups excluding carboxylic acids is 2. The van der Waals surface area contributed by atoms with E-state index >= 15 is 0 Å². The highest BCUT2D eigenvalue weighted by Gasteiger charge is 2.40. The van der Waals surface area contributed by atoms with Crippen molar-refractivity contribution in [3.05, 3.63) is 71.0 Å². The number of ether oxygens (including phenoxy) is 3. The van der Waals surface area contributed by atoms with Crippen molar-refractivity contribution >= 4 is 28.8 Å². The largest absolute Gasteiger partial charge is 0.490 e. The van der Waals surface area contributed by atoms with Crippen LogP contribution in [0.5, 0.6) is 5.75 Å². The van der Waals surface area contributed by atoms with Crippen LogP contribution in [0.3, 0.4) is 0 Å². The number of rotatable bonds is 7. The fraction of sp³-hybridized carbons (Fsp3) is 0.308. The van der Waals surface area contributed by atoms with E-state index in [9.17, 15) is 31.5 Å². The van der Waals surface area contributed by atoms with E-state index in [-0.39, 0.29) is 49.0 Å². The van der Waals surface area contributed by atoms with Gasteiger partial charge in [-0.25, -0.2) is 13.6 Å². The van der Waals surface area contributed by atoms with Crippen molar-refractivity contribution in [2.75, 3.05) is 30.5 Å². The maximum atomic E-state index is 14.8. The first-order chi connectivity index (χ1) is 17.9. The van der Waals surface area contributed by atoms with Gasteiger partial charge in [0.15, 0.2) is 11.4 Å². The molecule has 202 valence electrons. The summed E-state index contributed by atoms with van der Waals surface area (Å²) in [6.45, 7) is 3.78. The van der Waals surface area contributed by atoms with Gasteiger partial charge in [0.1, 0.15) is 23.1 Å². The number of alkyl halides is 3. The Bertz CT molecular complexity index is 1310. The van der Waals surface area contributed by atoms with Gasteiger partial charge in [-0.2, -0.15) is 13.2 Å². The molecule has 7 nitrogen and oxygen atoms in total. The molecule has 0 spiro atoms. The number of halogens is 5. The van der Waals surface area contributed by atoms with Crippen molar-refractivity contribution in [1.29, 1.82) is 0 Å².